The number of amides is 1. The third-order valence-electron chi connectivity index (χ3n) is 4.79. The Morgan fingerprint density at radius 3 is 2.21 bits per heavy atom. The van der Waals surface area contributed by atoms with Gasteiger partial charge in [-0.05, 0) is 31.4 Å². The maximum atomic E-state index is 13.1. The summed E-state index contributed by atoms with van der Waals surface area (Å²) in [6, 6.07) is 9.28. The second-order valence-electron chi connectivity index (χ2n) is 6.67. The number of hydrogen-bond acceptors (Lipinski definition) is 5. The zero-order chi connectivity index (χ0) is 20.6. The molecule has 1 heterocycles. The van der Waals surface area contributed by atoms with E-state index in [1.807, 2.05) is 36.4 Å². The summed E-state index contributed by atoms with van der Waals surface area (Å²) in [7, 11) is 0. The van der Waals surface area contributed by atoms with E-state index in [0.717, 1.165) is 18.4 Å². The number of unbranched alkanes of at least 4 members (excludes halogenated alkanes) is 2. The van der Waals surface area contributed by atoms with Crippen LogP contribution in [0.1, 0.15) is 52.0 Å². The number of likely N-dealkylation sites (tertiary alicyclic amines) is 1. The van der Waals surface area contributed by atoms with Crippen LogP contribution in [0.15, 0.2) is 42.0 Å². The molecule has 6 heteroatoms. The van der Waals surface area contributed by atoms with Gasteiger partial charge in [0.2, 0.25) is 5.91 Å². The first-order chi connectivity index (χ1) is 13.5. The van der Waals surface area contributed by atoms with Gasteiger partial charge in [0, 0.05) is 6.54 Å². The molecule has 0 aromatic heterocycles. The van der Waals surface area contributed by atoms with Crippen LogP contribution in [-0.4, -0.2) is 41.5 Å². The molecule has 6 nitrogen and oxygen atoms in total. The van der Waals surface area contributed by atoms with Gasteiger partial charge in [0.1, 0.15) is 0 Å². The minimum atomic E-state index is -1.85. The van der Waals surface area contributed by atoms with Crippen molar-refractivity contribution in [2.75, 3.05) is 13.2 Å². The van der Waals surface area contributed by atoms with E-state index in [4.69, 9.17) is 9.47 Å². The minimum absolute atomic E-state index is 0.00811. The van der Waals surface area contributed by atoms with Crippen LogP contribution < -0.4 is 0 Å². The fourth-order valence-electron chi connectivity index (χ4n) is 3.46. The number of esters is 2. The fraction of sp³-hybridized carbons (Fsp3) is 0.500. The van der Waals surface area contributed by atoms with E-state index in [1.54, 1.807) is 13.8 Å². The van der Waals surface area contributed by atoms with Gasteiger partial charge in [0.15, 0.2) is 0 Å². The standard InChI is InChI=1S/C22H29NO5/c1-4-7-9-14-18-15-19(24)23(16-17-12-10-8-11-13-17)22(18,20(25)27-5-2)21(26)28-6-3/h8,10-14H,4-7,9,15-16H2,1-3H3/b18-14-. The molecule has 1 aliphatic heterocycles. The van der Waals surface area contributed by atoms with Gasteiger partial charge < -0.3 is 14.4 Å². The van der Waals surface area contributed by atoms with Crippen molar-refractivity contribution in [2.45, 2.75) is 58.5 Å². The molecule has 0 saturated carbocycles. The summed E-state index contributed by atoms with van der Waals surface area (Å²) in [6.45, 7) is 5.75. The van der Waals surface area contributed by atoms with E-state index < -0.39 is 17.5 Å². The predicted molar refractivity (Wildman–Crippen MR) is 105 cm³/mol. The second-order valence-corrected chi connectivity index (χ2v) is 6.67. The number of ether oxygens (including phenoxy) is 2. The third kappa shape index (κ3) is 4.26. The summed E-state index contributed by atoms with van der Waals surface area (Å²) in [5.41, 5.74) is -0.574. The van der Waals surface area contributed by atoms with E-state index in [9.17, 15) is 14.4 Å². The van der Waals surface area contributed by atoms with Crippen molar-refractivity contribution >= 4 is 17.8 Å². The Bertz CT molecular complexity index is 708. The lowest BCUT2D eigenvalue weighted by Crippen LogP contribution is -2.59. The molecule has 2 rings (SSSR count). The molecular weight excluding hydrogens is 358 g/mol. The van der Waals surface area contributed by atoms with Gasteiger partial charge in [0.05, 0.1) is 19.6 Å². The number of nitrogens with zero attached hydrogens (tertiary/aromatic N) is 1. The van der Waals surface area contributed by atoms with Crippen molar-refractivity contribution < 1.29 is 23.9 Å². The summed E-state index contributed by atoms with van der Waals surface area (Å²) in [6.07, 6.45) is 4.39. The summed E-state index contributed by atoms with van der Waals surface area (Å²) < 4.78 is 10.5. The molecule has 0 unspecified atom stereocenters. The van der Waals surface area contributed by atoms with Gasteiger partial charge in [-0.15, -0.1) is 0 Å². The van der Waals surface area contributed by atoms with E-state index in [0.29, 0.717) is 12.0 Å². The molecular formula is C22H29NO5. The van der Waals surface area contributed by atoms with Crippen molar-refractivity contribution in [1.82, 2.24) is 4.90 Å². The van der Waals surface area contributed by atoms with Crippen LogP contribution in [0, 0.1) is 0 Å². The van der Waals surface area contributed by atoms with E-state index >= 15 is 0 Å². The average Bonchev–Trinajstić information content (AvgIpc) is 2.96. The van der Waals surface area contributed by atoms with Crippen molar-refractivity contribution in [2.24, 2.45) is 0 Å². The van der Waals surface area contributed by atoms with Crippen LogP contribution in [0.5, 0.6) is 0 Å². The van der Waals surface area contributed by atoms with E-state index in [2.05, 4.69) is 6.92 Å². The maximum absolute atomic E-state index is 13.1. The molecule has 1 amide bonds. The van der Waals surface area contributed by atoms with Gasteiger partial charge in [-0.2, -0.15) is 0 Å². The zero-order valence-electron chi connectivity index (χ0n) is 16.9. The SMILES string of the molecule is CCCC/C=C1/CC(=O)N(Cc2ccccc2)C1(C(=O)OCC)C(=O)OCC. The minimum Gasteiger partial charge on any atom is -0.464 e. The summed E-state index contributed by atoms with van der Waals surface area (Å²) in [4.78, 5) is 40.5. The Morgan fingerprint density at radius 2 is 1.68 bits per heavy atom. The molecule has 1 fully saturated rings. The van der Waals surface area contributed by atoms with Crippen molar-refractivity contribution in [3.63, 3.8) is 0 Å². The van der Waals surface area contributed by atoms with Gasteiger partial charge in [-0.1, -0.05) is 56.2 Å². The van der Waals surface area contributed by atoms with Gasteiger partial charge >= 0.3 is 11.9 Å². The molecule has 1 saturated heterocycles. The van der Waals surface area contributed by atoms with Crippen LogP contribution in [0.25, 0.3) is 0 Å². The summed E-state index contributed by atoms with van der Waals surface area (Å²) >= 11 is 0. The second kappa shape index (κ2) is 10.1. The smallest absolute Gasteiger partial charge is 0.348 e. The van der Waals surface area contributed by atoms with Gasteiger partial charge in [-0.25, -0.2) is 9.59 Å². The topological polar surface area (TPSA) is 72.9 Å². The maximum Gasteiger partial charge on any atom is 0.348 e. The van der Waals surface area contributed by atoms with Crippen LogP contribution in [0.2, 0.25) is 0 Å². The molecule has 1 aromatic rings. The Balaban J connectivity index is 2.57. The predicted octanol–water partition coefficient (Wildman–Crippen LogP) is 3.40. The van der Waals surface area contributed by atoms with Crippen molar-refractivity contribution in [3.8, 4) is 0 Å². The number of carbonyl (C=O) groups is 3. The first-order valence-corrected chi connectivity index (χ1v) is 9.90. The molecule has 0 bridgehead atoms. The fourth-order valence-corrected chi connectivity index (χ4v) is 3.46. The molecule has 0 radical (unpaired) electrons. The molecule has 152 valence electrons. The number of allylic oxidation sites excluding steroid dienone is 1. The Hall–Kier alpha value is -2.63. The highest BCUT2D eigenvalue weighted by atomic mass is 16.6. The largest absolute Gasteiger partial charge is 0.464 e. The lowest BCUT2D eigenvalue weighted by Gasteiger charge is -2.34. The van der Waals surface area contributed by atoms with Gasteiger partial charge in [-0.3, -0.25) is 4.79 Å². The Morgan fingerprint density at radius 1 is 1.07 bits per heavy atom. The van der Waals surface area contributed by atoms with Gasteiger partial charge in [0.25, 0.3) is 5.54 Å². The normalized spacial score (nSPS) is 17.0. The number of carbonyl (C=O) groups excluding carboxylic acids is 3. The molecule has 0 atom stereocenters. The lowest BCUT2D eigenvalue weighted by atomic mass is 9.88. The highest BCUT2D eigenvalue weighted by molar-refractivity contribution is 6.14. The van der Waals surface area contributed by atoms with E-state index in [-0.39, 0.29) is 32.1 Å². The number of rotatable bonds is 9. The summed E-state index contributed by atoms with van der Waals surface area (Å²) in [5, 5.41) is 0. The van der Waals surface area contributed by atoms with Crippen LogP contribution in [0.4, 0.5) is 0 Å². The van der Waals surface area contributed by atoms with Crippen molar-refractivity contribution in [1.29, 1.82) is 0 Å². The molecule has 0 aliphatic carbocycles. The lowest BCUT2D eigenvalue weighted by molar-refractivity contribution is -0.173. The average molecular weight is 387 g/mol. The third-order valence-corrected chi connectivity index (χ3v) is 4.79. The van der Waals surface area contributed by atoms with Crippen LogP contribution >= 0.6 is 0 Å². The summed E-state index contributed by atoms with van der Waals surface area (Å²) in [5.74, 6) is -1.79. The van der Waals surface area contributed by atoms with Crippen LogP contribution in [0.3, 0.4) is 0 Å². The van der Waals surface area contributed by atoms with Crippen molar-refractivity contribution in [3.05, 3.63) is 47.5 Å². The molecule has 0 spiro atoms. The highest BCUT2D eigenvalue weighted by Gasteiger charge is 2.62. The molecule has 0 N–H and O–H groups in total. The molecule has 1 aromatic carbocycles. The monoisotopic (exact) mass is 387 g/mol. The number of hydrogen-bond donors (Lipinski definition) is 0. The Kier molecular flexibility index (Phi) is 7.79. The highest BCUT2D eigenvalue weighted by Crippen LogP contribution is 2.39. The number of benzene rings is 1. The van der Waals surface area contributed by atoms with Crippen LogP contribution in [-0.2, 0) is 30.4 Å². The Labute approximate surface area is 166 Å². The molecule has 1 aliphatic rings. The quantitative estimate of drug-likeness (QED) is 0.281. The first-order valence-electron chi connectivity index (χ1n) is 9.90. The first kappa shape index (κ1) is 21.7. The van der Waals surface area contributed by atoms with E-state index in [1.165, 1.54) is 4.90 Å². The molecule has 28 heavy (non-hydrogen) atoms. The zero-order valence-corrected chi connectivity index (χ0v) is 16.9.